The molecule has 0 fully saturated rings. The van der Waals surface area contributed by atoms with E-state index in [4.69, 9.17) is 0 Å². The lowest BCUT2D eigenvalue weighted by molar-refractivity contribution is -0.116. The maximum atomic E-state index is 11.1. The predicted octanol–water partition coefficient (Wildman–Crippen LogP) is 2.57. The first kappa shape index (κ1) is 9.41. The lowest BCUT2D eigenvalue weighted by atomic mass is 10.0. The topological polar surface area (TPSA) is 17.1 Å². The molecule has 0 atom stereocenters. The van der Waals surface area contributed by atoms with Crippen molar-refractivity contribution >= 4 is 5.78 Å². The van der Waals surface area contributed by atoms with Crippen molar-refractivity contribution in [3.8, 4) is 0 Å². The van der Waals surface area contributed by atoms with Crippen molar-refractivity contribution in [2.45, 2.75) is 34.1 Å². The molecule has 10 heavy (non-hydrogen) atoms. The first-order chi connectivity index (χ1) is 4.57. The van der Waals surface area contributed by atoms with Gasteiger partial charge in [-0.15, -0.1) is 0 Å². The summed E-state index contributed by atoms with van der Waals surface area (Å²) in [5.41, 5.74) is 0.883. The third-order valence-electron chi connectivity index (χ3n) is 1.47. The van der Waals surface area contributed by atoms with Crippen LogP contribution in [0.4, 0.5) is 0 Å². The highest BCUT2D eigenvalue weighted by Gasteiger charge is 2.04. The van der Waals surface area contributed by atoms with E-state index in [2.05, 4.69) is 13.8 Å². The highest BCUT2D eigenvalue weighted by molar-refractivity contribution is 5.94. The monoisotopic (exact) mass is 140 g/mol. The minimum absolute atomic E-state index is 0.275. The van der Waals surface area contributed by atoms with E-state index in [1.165, 1.54) is 0 Å². The lowest BCUT2D eigenvalue weighted by Crippen LogP contribution is -2.03. The molecular weight excluding hydrogens is 124 g/mol. The van der Waals surface area contributed by atoms with Crippen molar-refractivity contribution < 1.29 is 4.79 Å². The zero-order valence-corrected chi connectivity index (χ0v) is 7.27. The van der Waals surface area contributed by atoms with Crippen LogP contribution in [0.5, 0.6) is 0 Å². The van der Waals surface area contributed by atoms with Crippen LogP contribution in [0.15, 0.2) is 11.6 Å². The molecule has 0 unspecified atom stereocenters. The zero-order chi connectivity index (χ0) is 8.15. The maximum Gasteiger partial charge on any atom is 0.158 e. The van der Waals surface area contributed by atoms with Gasteiger partial charge in [-0.05, 0) is 25.3 Å². The van der Waals surface area contributed by atoms with Crippen LogP contribution < -0.4 is 0 Å². The highest BCUT2D eigenvalue weighted by atomic mass is 16.1. The van der Waals surface area contributed by atoms with Gasteiger partial charge in [0.15, 0.2) is 5.78 Å². The van der Waals surface area contributed by atoms with Gasteiger partial charge in [-0.1, -0.05) is 19.9 Å². The van der Waals surface area contributed by atoms with Crippen molar-refractivity contribution in [2.24, 2.45) is 5.92 Å². The normalized spacial score (nSPS) is 12.3. The quantitative estimate of drug-likeness (QED) is 0.551. The fourth-order valence-corrected chi connectivity index (χ4v) is 0.693. The number of carbonyl (C=O) groups is 1. The molecule has 58 valence electrons. The summed E-state index contributed by atoms with van der Waals surface area (Å²) < 4.78 is 0. The molecule has 1 heteroatoms. The Labute approximate surface area is 63.1 Å². The predicted molar refractivity (Wildman–Crippen MR) is 43.9 cm³/mol. The van der Waals surface area contributed by atoms with Crippen molar-refractivity contribution in [2.75, 3.05) is 0 Å². The standard InChI is InChI=1S/C9H16O/c1-5-8(4)9(10)6-7(2)3/h5,7H,6H2,1-4H3. The molecular formula is C9H16O. The van der Waals surface area contributed by atoms with Gasteiger partial charge in [0.25, 0.3) is 0 Å². The summed E-state index contributed by atoms with van der Waals surface area (Å²) in [5, 5.41) is 0. The van der Waals surface area contributed by atoms with Crippen LogP contribution in [0.3, 0.4) is 0 Å². The van der Waals surface area contributed by atoms with Gasteiger partial charge >= 0.3 is 0 Å². The SMILES string of the molecule is CC=C(C)C(=O)CC(C)C. The summed E-state index contributed by atoms with van der Waals surface area (Å²) in [6, 6.07) is 0. The zero-order valence-electron chi connectivity index (χ0n) is 7.27. The molecule has 0 aromatic carbocycles. The van der Waals surface area contributed by atoms with Gasteiger partial charge in [0, 0.05) is 6.42 Å². The Hall–Kier alpha value is -0.590. The Morgan fingerprint density at radius 2 is 2.00 bits per heavy atom. The number of hydrogen-bond acceptors (Lipinski definition) is 1. The third kappa shape index (κ3) is 3.44. The van der Waals surface area contributed by atoms with Crippen molar-refractivity contribution in [3.63, 3.8) is 0 Å². The lowest BCUT2D eigenvalue weighted by Gasteiger charge is -2.02. The second-order valence-corrected chi connectivity index (χ2v) is 2.99. The van der Waals surface area contributed by atoms with Crippen molar-refractivity contribution in [1.82, 2.24) is 0 Å². The summed E-state index contributed by atoms with van der Waals surface area (Å²) in [6.07, 6.45) is 2.54. The molecule has 0 saturated heterocycles. The van der Waals surface area contributed by atoms with E-state index in [0.717, 1.165) is 5.57 Å². The summed E-state index contributed by atoms with van der Waals surface area (Å²) in [5.74, 6) is 0.750. The minimum Gasteiger partial charge on any atom is -0.295 e. The largest absolute Gasteiger partial charge is 0.295 e. The molecule has 0 amide bonds. The first-order valence-electron chi connectivity index (χ1n) is 3.74. The number of hydrogen-bond donors (Lipinski definition) is 0. The molecule has 0 spiro atoms. The van der Waals surface area contributed by atoms with Gasteiger partial charge in [-0.25, -0.2) is 0 Å². The van der Waals surface area contributed by atoms with Gasteiger partial charge in [-0.2, -0.15) is 0 Å². The second kappa shape index (κ2) is 4.26. The van der Waals surface area contributed by atoms with E-state index < -0.39 is 0 Å². The Kier molecular flexibility index (Phi) is 4.01. The minimum atomic E-state index is 0.275. The fraction of sp³-hybridized carbons (Fsp3) is 0.667. The second-order valence-electron chi connectivity index (χ2n) is 2.99. The fourth-order valence-electron chi connectivity index (χ4n) is 0.693. The third-order valence-corrected chi connectivity index (χ3v) is 1.47. The van der Waals surface area contributed by atoms with Crippen LogP contribution in [-0.2, 0) is 4.79 Å². The Bertz CT molecular complexity index is 143. The van der Waals surface area contributed by atoms with E-state index in [1.807, 2.05) is 19.9 Å². The van der Waals surface area contributed by atoms with Crippen LogP contribution in [-0.4, -0.2) is 5.78 Å². The van der Waals surface area contributed by atoms with Crippen LogP contribution in [0.1, 0.15) is 34.1 Å². The number of carbonyl (C=O) groups excluding carboxylic acids is 1. The molecule has 0 rings (SSSR count). The molecule has 1 nitrogen and oxygen atoms in total. The summed E-state index contributed by atoms with van der Waals surface area (Å²) in [6.45, 7) is 7.87. The molecule has 0 bridgehead atoms. The molecule has 0 aliphatic heterocycles. The van der Waals surface area contributed by atoms with Crippen molar-refractivity contribution in [3.05, 3.63) is 11.6 Å². The van der Waals surface area contributed by atoms with Crippen molar-refractivity contribution in [1.29, 1.82) is 0 Å². The number of allylic oxidation sites excluding steroid dienone is 2. The average Bonchev–Trinajstić information content (AvgIpc) is 1.85. The molecule has 0 radical (unpaired) electrons. The number of Topliss-reactive ketones (excluding diaryl/α,β-unsaturated/α-hetero) is 1. The van der Waals surface area contributed by atoms with Gasteiger partial charge in [-0.3, -0.25) is 4.79 Å². The van der Waals surface area contributed by atoms with Crippen LogP contribution >= 0.6 is 0 Å². The summed E-state index contributed by atoms with van der Waals surface area (Å²) >= 11 is 0. The summed E-state index contributed by atoms with van der Waals surface area (Å²) in [7, 11) is 0. The highest BCUT2D eigenvalue weighted by Crippen LogP contribution is 2.05. The molecule has 0 aromatic rings. The Balaban J connectivity index is 3.86. The molecule has 0 aliphatic carbocycles. The van der Waals surface area contributed by atoms with E-state index in [9.17, 15) is 4.79 Å². The Morgan fingerprint density at radius 3 is 2.30 bits per heavy atom. The average molecular weight is 140 g/mol. The van der Waals surface area contributed by atoms with E-state index in [-0.39, 0.29) is 5.78 Å². The molecule has 0 N–H and O–H groups in total. The Morgan fingerprint density at radius 1 is 1.50 bits per heavy atom. The maximum absolute atomic E-state index is 11.1. The van der Waals surface area contributed by atoms with Gasteiger partial charge in [0.1, 0.15) is 0 Å². The number of ketones is 1. The first-order valence-corrected chi connectivity index (χ1v) is 3.74. The van der Waals surface area contributed by atoms with Gasteiger partial charge in [0.05, 0.1) is 0 Å². The van der Waals surface area contributed by atoms with E-state index in [1.54, 1.807) is 0 Å². The van der Waals surface area contributed by atoms with Crippen LogP contribution in [0.25, 0.3) is 0 Å². The van der Waals surface area contributed by atoms with E-state index in [0.29, 0.717) is 12.3 Å². The molecule has 0 saturated carbocycles. The van der Waals surface area contributed by atoms with E-state index >= 15 is 0 Å². The van der Waals surface area contributed by atoms with Crippen LogP contribution in [0.2, 0.25) is 0 Å². The number of rotatable bonds is 3. The van der Waals surface area contributed by atoms with Crippen LogP contribution in [0, 0.1) is 5.92 Å². The smallest absolute Gasteiger partial charge is 0.158 e. The van der Waals surface area contributed by atoms with Gasteiger partial charge in [0.2, 0.25) is 0 Å². The van der Waals surface area contributed by atoms with Gasteiger partial charge < -0.3 is 0 Å². The molecule has 0 aliphatic rings. The molecule has 0 aromatic heterocycles. The molecule has 0 heterocycles. The summed E-state index contributed by atoms with van der Waals surface area (Å²) in [4.78, 5) is 11.1.